The minimum Gasteiger partial charge on any atom is -0.507 e. The van der Waals surface area contributed by atoms with E-state index in [0.717, 1.165) is 10.5 Å². The first-order valence-electron chi connectivity index (χ1n) is 9.85. The summed E-state index contributed by atoms with van der Waals surface area (Å²) in [6, 6.07) is 17.2. The van der Waals surface area contributed by atoms with Gasteiger partial charge in [-0.15, -0.1) is 0 Å². The van der Waals surface area contributed by atoms with E-state index < -0.39 is 24.3 Å². The van der Waals surface area contributed by atoms with E-state index in [4.69, 9.17) is 14.6 Å². The van der Waals surface area contributed by atoms with Crippen molar-refractivity contribution in [1.29, 1.82) is 0 Å². The molecular formula is C24H22BrNO6. The Kier molecular flexibility index (Phi) is 7.86. The number of nitrogens with one attached hydrogen (secondary N) is 1. The number of halogens is 1. The topological polar surface area (TPSA) is 105 Å². The molecule has 0 radical (unpaired) electrons. The van der Waals surface area contributed by atoms with Crippen molar-refractivity contribution in [2.75, 3.05) is 11.9 Å². The molecule has 0 saturated heterocycles. The maximum atomic E-state index is 12.7. The van der Waals surface area contributed by atoms with Gasteiger partial charge >= 0.3 is 12.1 Å². The third kappa shape index (κ3) is 5.87. The predicted octanol–water partition coefficient (Wildman–Crippen LogP) is 5.64. The average Bonchev–Trinajstić information content (AvgIpc) is 2.77. The van der Waals surface area contributed by atoms with Crippen molar-refractivity contribution in [2.24, 2.45) is 0 Å². The molecule has 0 unspecified atom stereocenters. The molecule has 0 aliphatic heterocycles. The third-order valence-electron chi connectivity index (χ3n) is 4.65. The van der Waals surface area contributed by atoms with Gasteiger partial charge in [0.2, 0.25) is 0 Å². The minimum atomic E-state index is -1.15. The number of hydrogen-bond acceptors (Lipinski definition) is 5. The fraction of sp³-hybridized carbons (Fsp3) is 0.167. The Bertz CT molecular complexity index is 1130. The Morgan fingerprint density at radius 1 is 1.06 bits per heavy atom. The highest BCUT2D eigenvalue weighted by molar-refractivity contribution is 9.10. The summed E-state index contributed by atoms with van der Waals surface area (Å²) in [7, 11) is 0. The van der Waals surface area contributed by atoms with Crippen molar-refractivity contribution in [3.8, 4) is 5.75 Å². The molecule has 3 aromatic rings. The monoisotopic (exact) mass is 499 g/mol. The molecule has 8 heteroatoms. The second-order valence-corrected chi connectivity index (χ2v) is 7.71. The van der Waals surface area contributed by atoms with E-state index in [9.17, 15) is 14.7 Å². The van der Waals surface area contributed by atoms with Crippen LogP contribution in [0.1, 0.15) is 18.6 Å². The second kappa shape index (κ2) is 10.8. The number of fused-ring (bicyclic) bond motifs is 1. The number of benzene rings is 3. The summed E-state index contributed by atoms with van der Waals surface area (Å²) >= 11 is 3.34. The Labute approximate surface area is 193 Å². The van der Waals surface area contributed by atoms with Crippen LogP contribution in [0.25, 0.3) is 10.8 Å². The van der Waals surface area contributed by atoms with Gasteiger partial charge in [-0.05, 0) is 48.7 Å². The van der Waals surface area contributed by atoms with Crippen molar-refractivity contribution in [3.05, 3.63) is 82.9 Å². The number of carbonyl (C=O) groups excluding carboxylic acids is 1. The van der Waals surface area contributed by atoms with Crippen LogP contribution in [0.4, 0.5) is 10.5 Å². The van der Waals surface area contributed by atoms with E-state index in [2.05, 4.69) is 21.2 Å². The maximum absolute atomic E-state index is 12.7. The van der Waals surface area contributed by atoms with Crippen LogP contribution in [-0.4, -0.2) is 35.0 Å². The molecule has 166 valence electrons. The molecule has 0 bridgehead atoms. The first-order valence-corrected chi connectivity index (χ1v) is 10.6. The van der Waals surface area contributed by atoms with E-state index >= 15 is 0 Å². The van der Waals surface area contributed by atoms with Gasteiger partial charge in [0.05, 0.1) is 0 Å². The number of aliphatic carboxylic acids is 1. The number of aromatic hydroxyl groups is 1. The van der Waals surface area contributed by atoms with Crippen LogP contribution in [0.3, 0.4) is 0 Å². The van der Waals surface area contributed by atoms with Crippen molar-refractivity contribution in [2.45, 2.75) is 19.1 Å². The normalized spacial score (nSPS) is 13.1. The summed E-state index contributed by atoms with van der Waals surface area (Å²) in [6.45, 7) is 2.02. The van der Waals surface area contributed by atoms with Gasteiger partial charge in [-0.2, -0.15) is 0 Å². The molecule has 0 aliphatic carbocycles. The minimum absolute atomic E-state index is 0.0800. The molecule has 3 rings (SSSR count). The Morgan fingerprint density at radius 3 is 2.41 bits per heavy atom. The van der Waals surface area contributed by atoms with Crippen molar-refractivity contribution < 1.29 is 29.3 Å². The Balaban J connectivity index is 2.01. The lowest BCUT2D eigenvalue weighted by Gasteiger charge is -2.26. The van der Waals surface area contributed by atoms with Crippen LogP contribution in [0.15, 0.2) is 77.3 Å². The number of anilines is 1. The number of rotatable bonds is 8. The second-order valence-electron chi connectivity index (χ2n) is 6.79. The van der Waals surface area contributed by atoms with Crippen molar-refractivity contribution in [3.63, 3.8) is 0 Å². The predicted molar refractivity (Wildman–Crippen MR) is 125 cm³/mol. The van der Waals surface area contributed by atoms with Crippen LogP contribution in [-0.2, 0) is 14.3 Å². The first-order chi connectivity index (χ1) is 15.4. The molecular weight excluding hydrogens is 478 g/mol. The number of amides is 1. The zero-order chi connectivity index (χ0) is 23.1. The molecule has 0 aliphatic rings. The molecule has 32 heavy (non-hydrogen) atoms. The lowest BCUT2D eigenvalue weighted by Crippen LogP contribution is -2.28. The van der Waals surface area contributed by atoms with Crippen LogP contribution < -0.4 is 5.32 Å². The quantitative estimate of drug-likeness (QED) is 0.346. The third-order valence-corrected chi connectivity index (χ3v) is 5.18. The van der Waals surface area contributed by atoms with E-state index in [1.54, 1.807) is 61.5 Å². The van der Waals surface area contributed by atoms with E-state index in [1.165, 1.54) is 12.1 Å². The molecule has 2 atom stereocenters. The lowest BCUT2D eigenvalue weighted by atomic mass is 9.96. The van der Waals surface area contributed by atoms with Gasteiger partial charge in [0.15, 0.2) is 6.10 Å². The summed E-state index contributed by atoms with van der Waals surface area (Å²) in [6.07, 6.45) is -0.300. The molecule has 7 nitrogen and oxygen atoms in total. The summed E-state index contributed by atoms with van der Waals surface area (Å²) in [5, 5.41) is 23.2. The van der Waals surface area contributed by atoms with E-state index in [-0.39, 0.29) is 12.4 Å². The van der Waals surface area contributed by atoms with Crippen LogP contribution in [0.2, 0.25) is 0 Å². The highest BCUT2D eigenvalue weighted by Crippen LogP contribution is 2.35. The fourth-order valence-electron chi connectivity index (χ4n) is 3.27. The first kappa shape index (κ1) is 23.3. The highest BCUT2D eigenvalue weighted by atomic mass is 79.9. The number of carbonyl (C=O) groups is 2. The van der Waals surface area contributed by atoms with Crippen molar-refractivity contribution in [1.82, 2.24) is 0 Å². The number of phenols is 1. The fourth-order valence-corrected chi connectivity index (χ4v) is 3.54. The van der Waals surface area contributed by atoms with Gasteiger partial charge in [0.1, 0.15) is 11.9 Å². The standard InChI is InChI=1S/C24H22BrNO6/c1-2-31-21(13-14-22(28)29)23(32-24(30)26-16-9-7-15(25)8-10-16)19-11-12-20(27)18-6-4-3-5-17(18)19/h3-14,21,23,27H,2H2,1H3,(H,26,30)(H,28,29)/b14-13+/t21-,23-/m0/s1. The van der Waals surface area contributed by atoms with Gasteiger partial charge < -0.3 is 19.7 Å². The van der Waals surface area contributed by atoms with Gasteiger partial charge in [-0.1, -0.05) is 46.3 Å². The van der Waals surface area contributed by atoms with E-state index in [0.29, 0.717) is 22.0 Å². The molecule has 3 aromatic carbocycles. The SMILES string of the molecule is CCO[C@@H](/C=C/C(=O)O)[C@@H](OC(=O)Nc1ccc(Br)cc1)c1ccc(O)c2ccccc12. The number of hydrogen-bond donors (Lipinski definition) is 3. The lowest BCUT2D eigenvalue weighted by molar-refractivity contribution is -0.131. The molecule has 0 heterocycles. The maximum Gasteiger partial charge on any atom is 0.412 e. The zero-order valence-corrected chi connectivity index (χ0v) is 18.8. The van der Waals surface area contributed by atoms with E-state index in [1.807, 2.05) is 0 Å². The smallest absolute Gasteiger partial charge is 0.412 e. The number of phenolic OH excluding ortho intramolecular Hbond substituents is 1. The average molecular weight is 500 g/mol. The summed E-state index contributed by atoms with van der Waals surface area (Å²) < 4.78 is 12.3. The largest absolute Gasteiger partial charge is 0.507 e. The summed E-state index contributed by atoms with van der Waals surface area (Å²) in [5.41, 5.74) is 1.10. The van der Waals surface area contributed by atoms with Crippen LogP contribution in [0.5, 0.6) is 5.75 Å². The number of ether oxygens (including phenoxy) is 2. The molecule has 0 aromatic heterocycles. The van der Waals surface area contributed by atoms with Crippen LogP contribution in [0, 0.1) is 0 Å². The number of carboxylic acids is 1. The Morgan fingerprint density at radius 2 is 1.75 bits per heavy atom. The Hall–Kier alpha value is -3.36. The van der Waals surface area contributed by atoms with Gasteiger partial charge in [0, 0.05) is 33.8 Å². The van der Waals surface area contributed by atoms with Gasteiger partial charge in [0.25, 0.3) is 0 Å². The van der Waals surface area contributed by atoms with Crippen LogP contribution >= 0.6 is 15.9 Å². The number of carboxylic acid groups (broad SMARTS) is 1. The highest BCUT2D eigenvalue weighted by Gasteiger charge is 2.28. The van der Waals surface area contributed by atoms with Crippen molar-refractivity contribution >= 4 is 44.5 Å². The molecule has 0 saturated carbocycles. The molecule has 0 spiro atoms. The summed E-state index contributed by atoms with van der Waals surface area (Å²) in [5.74, 6) is -1.07. The zero-order valence-electron chi connectivity index (χ0n) is 17.2. The van der Waals surface area contributed by atoms with Gasteiger partial charge in [-0.25, -0.2) is 9.59 Å². The molecule has 3 N–H and O–H groups in total. The molecule has 0 fully saturated rings. The molecule has 1 amide bonds. The van der Waals surface area contributed by atoms with Gasteiger partial charge in [-0.3, -0.25) is 5.32 Å². The summed E-state index contributed by atoms with van der Waals surface area (Å²) in [4.78, 5) is 23.9.